The van der Waals surface area contributed by atoms with Gasteiger partial charge in [-0.3, -0.25) is 14.6 Å². The molecule has 1 aromatic carbocycles. The molecular formula is C19H20FN5O. The van der Waals surface area contributed by atoms with Crippen molar-refractivity contribution in [3.63, 3.8) is 0 Å². The first-order chi connectivity index (χ1) is 12.7. The Labute approximate surface area is 151 Å². The number of benzene rings is 1. The number of hydrogen-bond donors (Lipinski definition) is 0. The summed E-state index contributed by atoms with van der Waals surface area (Å²) in [4.78, 5) is 11.3. The summed E-state index contributed by atoms with van der Waals surface area (Å²) in [6.45, 7) is 1.85. The van der Waals surface area contributed by atoms with Crippen LogP contribution in [-0.2, 0) is 13.6 Å². The van der Waals surface area contributed by atoms with Crippen molar-refractivity contribution in [3.8, 4) is 11.6 Å². The lowest BCUT2D eigenvalue weighted by Crippen LogP contribution is -2.23. The maximum absolute atomic E-state index is 13.0. The number of likely N-dealkylation sites (tertiary alicyclic amines) is 1. The van der Waals surface area contributed by atoms with E-state index in [1.807, 2.05) is 24.1 Å². The molecule has 0 spiro atoms. The zero-order valence-electron chi connectivity index (χ0n) is 14.5. The Balaban J connectivity index is 1.50. The predicted octanol–water partition coefficient (Wildman–Crippen LogP) is 3.48. The third kappa shape index (κ3) is 3.72. The van der Waals surface area contributed by atoms with E-state index >= 15 is 0 Å². The summed E-state index contributed by atoms with van der Waals surface area (Å²) in [6, 6.07) is 6.08. The lowest BCUT2D eigenvalue weighted by atomic mass is 10.1. The topological polar surface area (TPSA) is 56.1 Å². The average Bonchev–Trinajstić information content (AvgIpc) is 3.26. The Morgan fingerprint density at radius 2 is 2.04 bits per heavy atom. The van der Waals surface area contributed by atoms with E-state index in [2.05, 4.69) is 20.0 Å². The zero-order valence-corrected chi connectivity index (χ0v) is 14.5. The fraction of sp³-hybridized carbons (Fsp3) is 0.316. The lowest BCUT2D eigenvalue weighted by molar-refractivity contribution is 0.242. The Bertz CT molecular complexity index is 880. The number of rotatable bonds is 5. The Morgan fingerprint density at radius 1 is 1.19 bits per heavy atom. The predicted molar refractivity (Wildman–Crippen MR) is 94.1 cm³/mol. The van der Waals surface area contributed by atoms with E-state index in [0.29, 0.717) is 11.6 Å². The van der Waals surface area contributed by atoms with Gasteiger partial charge in [0.1, 0.15) is 11.6 Å². The second-order valence-corrected chi connectivity index (χ2v) is 6.49. The molecule has 0 radical (unpaired) electrons. The molecule has 1 saturated heterocycles. The smallest absolute Gasteiger partial charge is 0.238 e. The van der Waals surface area contributed by atoms with Crippen molar-refractivity contribution in [2.45, 2.75) is 25.4 Å². The molecule has 1 unspecified atom stereocenters. The van der Waals surface area contributed by atoms with Crippen LogP contribution in [0, 0.1) is 5.82 Å². The third-order valence-corrected chi connectivity index (χ3v) is 4.52. The van der Waals surface area contributed by atoms with Crippen molar-refractivity contribution in [1.29, 1.82) is 0 Å². The van der Waals surface area contributed by atoms with Gasteiger partial charge in [-0.1, -0.05) is 0 Å². The lowest BCUT2D eigenvalue weighted by Gasteiger charge is -2.23. The molecule has 1 aliphatic heterocycles. The Kier molecular flexibility index (Phi) is 4.62. The standard InChI is InChI=1S/C19H20FN5O/c1-24-12-14(9-22-24)13-25-8-2-3-18(25)17-10-21-11-19(23-17)26-16-6-4-15(20)5-7-16/h4-7,9-12,18H,2-3,8,13H2,1H3. The summed E-state index contributed by atoms with van der Waals surface area (Å²) in [5.41, 5.74) is 2.08. The quantitative estimate of drug-likeness (QED) is 0.703. The van der Waals surface area contributed by atoms with Crippen LogP contribution in [-0.4, -0.2) is 31.2 Å². The third-order valence-electron chi connectivity index (χ3n) is 4.52. The summed E-state index contributed by atoms with van der Waals surface area (Å²) in [5, 5.41) is 4.24. The summed E-state index contributed by atoms with van der Waals surface area (Å²) >= 11 is 0. The Hall–Kier alpha value is -2.80. The van der Waals surface area contributed by atoms with Crippen LogP contribution in [0.4, 0.5) is 4.39 Å². The molecule has 134 valence electrons. The van der Waals surface area contributed by atoms with Gasteiger partial charge in [0, 0.05) is 25.4 Å². The van der Waals surface area contributed by atoms with Gasteiger partial charge >= 0.3 is 0 Å². The van der Waals surface area contributed by atoms with Crippen molar-refractivity contribution in [2.75, 3.05) is 6.54 Å². The molecule has 3 aromatic rings. The number of aromatic nitrogens is 4. The molecule has 7 heteroatoms. The van der Waals surface area contributed by atoms with Gasteiger partial charge in [0.25, 0.3) is 0 Å². The van der Waals surface area contributed by atoms with Crippen molar-refractivity contribution in [3.05, 3.63) is 66.1 Å². The van der Waals surface area contributed by atoms with Crippen LogP contribution < -0.4 is 4.74 Å². The highest BCUT2D eigenvalue weighted by atomic mass is 19.1. The van der Waals surface area contributed by atoms with Crippen molar-refractivity contribution in [1.82, 2.24) is 24.6 Å². The molecule has 6 nitrogen and oxygen atoms in total. The van der Waals surface area contributed by atoms with Gasteiger partial charge in [-0.15, -0.1) is 0 Å². The van der Waals surface area contributed by atoms with Gasteiger partial charge in [0.15, 0.2) is 0 Å². The molecule has 1 aliphatic rings. The number of aryl methyl sites for hydroxylation is 1. The molecule has 0 bridgehead atoms. The van der Waals surface area contributed by atoms with E-state index in [4.69, 9.17) is 4.74 Å². The Morgan fingerprint density at radius 3 is 2.81 bits per heavy atom. The van der Waals surface area contributed by atoms with E-state index in [1.54, 1.807) is 24.5 Å². The molecule has 0 saturated carbocycles. The second kappa shape index (κ2) is 7.21. The molecule has 4 rings (SSSR count). The largest absolute Gasteiger partial charge is 0.437 e. The normalized spacial score (nSPS) is 17.5. The van der Waals surface area contributed by atoms with Gasteiger partial charge in [-0.2, -0.15) is 5.10 Å². The molecule has 1 fully saturated rings. The summed E-state index contributed by atoms with van der Waals surface area (Å²) in [7, 11) is 1.92. The molecule has 0 amide bonds. The number of ether oxygens (including phenoxy) is 1. The number of hydrogen-bond acceptors (Lipinski definition) is 5. The minimum Gasteiger partial charge on any atom is -0.437 e. The van der Waals surface area contributed by atoms with E-state index in [0.717, 1.165) is 31.6 Å². The first-order valence-electron chi connectivity index (χ1n) is 8.64. The molecule has 3 heterocycles. The van der Waals surface area contributed by atoms with Crippen LogP contribution >= 0.6 is 0 Å². The van der Waals surface area contributed by atoms with Gasteiger partial charge in [0.2, 0.25) is 5.88 Å². The fourth-order valence-electron chi connectivity index (χ4n) is 3.33. The van der Waals surface area contributed by atoms with Gasteiger partial charge < -0.3 is 4.74 Å². The minimum atomic E-state index is -0.297. The van der Waals surface area contributed by atoms with E-state index in [9.17, 15) is 4.39 Å². The maximum atomic E-state index is 13.0. The van der Waals surface area contributed by atoms with Crippen LogP contribution in [0.2, 0.25) is 0 Å². The second-order valence-electron chi connectivity index (χ2n) is 6.49. The van der Waals surface area contributed by atoms with E-state index in [1.165, 1.54) is 17.7 Å². The summed E-state index contributed by atoms with van der Waals surface area (Å²) in [6.07, 6.45) is 9.46. The summed E-state index contributed by atoms with van der Waals surface area (Å²) < 4.78 is 20.6. The van der Waals surface area contributed by atoms with Crippen molar-refractivity contribution in [2.24, 2.45) is 7.05 Å². The first-order valence-corrected chi connectivity index (χ1v) is 8.64. The van der Waals surface area contributed by atoms with Crippen LogP contribution in [0.15, 0.2) is 49.1 Å². The van der Waals surface area contributed by atoms with Crippen molar-refractivity contribution < 1.29 is 9.13 Å². The molecule has 2 aromatic heterocycles. The molecule has 0 N–H and O–H groups in total. The SMILES string of the molecule is Cn1cc(CN2CCCC2c2cncc(Oc3ccc(F)cc3)n2)cn1. The molecular weight excluding hydrogens is 333 g/mol. The van der Waals surface area contributed by atoms with Gasteiger partial charge in [-0.25, -0.2) is 9.37 Å². The van der Waals surface area contributed by atoms with E-state index < -0.39 is 0 Å². The van der Waals surface area contributed by atoms with E-state index in [-0.39, 0.29) is 11.9 Å². The number of halogens is 1. The van der Waals surface area contributed by atoms with Crippen LogP contribution in [0.25, 0.3) is 0 Å². The number of nitrogens with zero attached hydrogens (tertiary/aromatic N) is 5. The molecule has 0 aliphatic carbocycles. The van der Waals surface area contributed by atoms with Crippen molar-refractivity contribution >= 4 is 0 Å². The average molecular weight is 353 g/mol. The molecule has 26 heavy (non-hydrogen) atoms. The van der Waals surface area contributed by atoms with Crippen LogP contribution in [0.1, 0.15) is 30.1 Å². The highest BCUT2D eigenvalue weighted by Gasteiger charge is 2.28. The minimum absolute atomic E-state index is 0.208. The monoisotopic (exact) mass is 353 g/mol. The summed E-state index contributed by atoms with van der Waals surface area (Å²) in [5.74, 6) is 0.660. The van der Waals surface area contributed by atoms with Gasteiger partial charge in [-0.05, 0) is 43.7 Å². The highest BCUT2D eigenvalue weighted by Crippen LogP contribution is 2.32. The highest BCUT2D eigenvalue weighted by molar-refractivity contribution is 5.27. The maximum Gasteiger partial charge on any atom is 0.238 e. The first kappa shape index (κ1) is 16.7. The fourth-order valence-corrected chi connectivity index (χ4v) is 3.33. The van der Waals surface area contributed by atoms with Gasteiger partial charge in [0.05, 0.1) is 30.3 Å². The van der Waals surface area contributed by atoms with Crippen LogP contribution in [0.5, 0.6) is 11.6 Å². The molecule has 1 atom stereocenters. The zero-order chi connectivity index (χ0) is 17.9. The van der Waals surface area contributed by atoms with Crippen LogP contribution in [0.3, 0.4) is 0 Å².